The van der Waals surface area contributed by atoms with E-state index in [0.717, 1.165) is 28.6 Å². The molecule has 4 rings (SSSR count). The molecule has 0 fully saturated rings. The molecule has 0 N–H and O–H groups in total. The molecule has 0 radical (unpaired) electrons. The molecule has 1 heterocycles. The van der Waals surface area contributed by atoms with Crippen molar-refractivity contribution in [1.82, 2.24) is 0 Å². The van der Waals surface area contributed by atoms with E-state index in [4.69, 9.17) is 0 Å². The van der Waals surface area contributed by atoms with Crippen LogP contribution in [-0.4, -0.2) is 5.78 Å². The molecule has 0 aliphatic heterocycles. The lowest BCUT2D eigenvalue weighted by Gasteiger charge is -2.08. The van der Waals surface area contributed by atoms with Gasteiger partial charge in [0, 0.05) is 23.1 Å². The van der Waals surface area contributed by atoms with Gasteiger partial charge in [0.2, 0.25) is 17.8 Å². The summed E-state index contributed by atoms with van der Waals surface area (Å²) >= 11 is 0. The smallest absolute Gasteiger partial charge is 0.227 e. The molecule has 0 unspecified atom stereocenters. The number of nitrogens with zero attached hydrogens (tertiary/aromatic N) is 1. The van der Waals surface area contributed by atoms with Gasteiger partial charge in [0.15, 0.2) is 5.69 Å². The highest BCUT2D eigenvalue weighted by molar-refractivity contribution is 5.95. The van der Waals surface area contributed by atoms with Gasteiger partial charge in [-0.3, -0.25) is 4.79 Å². The highest BCUT2D eigenvalue weighted by Crippen LogP contribution is 2.15. The zero-order chi connectivity index (χ0) is 18.6. The summed E-state index contributed by atoms with van der Waals surface area (Å²) in [6, 6.07) is 30.6. The summed E-state index contributed by atoms with van der Waals surface area (Å²) in [6.45, 7) is 2.44. The quantitative estimate of drug-likeness (QED) is 0.369. The Labute approximate surface area is 159 Å². The number of pyridine rings is 1. The SMILES string of the molecule is Cc1ccc(Cc2ccc3ccccc3[n+]2CC(=O)c2ccccc2)cc1. The first-order chi connectivity index (χ1) is 13.2. The second kappa shape index (κ2) is 7.55. The zero-order valence-corrected chi connectivity index (χ0v) is 15.4. The molecule has 132 valence electrons. The van der Waals surface area contributed by atoms with E-state index in [9.17, 15) is 4.79 Å². The number of fused-ring (bicyclic) bond motifs is 1. The standard InChI is InChI=1S/C25H22NO/c1-19-11-13-20(14-12-19)17-23-16-15-21-7-5-6-10-24(21)26(23)18-25(27)22-8-3-2-4-9-22/h2-16H,17-18H2,1H3/q+1. The third kappa shape index (κ3) is 3.80. The van der Waals surface area contributed by atoms with Gasteiger partial charge in [-0.15, -0.1) is 0 Å². The topological polar surface area (TPSA) is 20.9 Å². The number of aryl methyl sites for hydroxylation is 1. The number of ketones is 1. The van der Waals surface area contributed by atoms with E-state index in [1.165, 1.54) is 11.1 Å². The minimum absolute atomic E-state index is 0.127. The normalized spacial score (nSPS) is 10.9. The molecular weight excluding hydrogens is 330 g/mol. The fraction of sp³-hybridized carbons (Fsp3) is 0.120. The summed E-state index contributed by atoms with van der Waals surface area (Å²) in [5.41, 5.74) is 5.48. The van der Waals surface area contributed by atoms with Crippen LogP contribution in [0.3, 0.4) is 0 Å². The van der Waals surface area contributed by atoms with E-state index in [1.54, 1.807) is 0 Å². The molecule has 0 atom stereocenters. The Morgan fingerprint density at radius 3 is 2.26 bits per heavy atom. The van der Waals surface area contributed by atoms with Gasteiger partial charge in [-0.05, 0) is 24.6 Å². The molecule has 0 amide bonds. The molecule has 1 aromatic heterocycles. The number of carbonyl (C=O) groups excluding carboxylic acids is 1. The van der Waals surface area contributed by atoms with E-state index < -0.39 is 0 Å². The van der Waals surface area contributed by atoms with Crippen LogP contribution in [0.4, 0.5) is 0 Å². The van der Waals surface area contributed by atoms with Crippen molar-refractivity contribution in [3.05, 3.63) is 113 Å². The summed E-state index contributed by atoms with van der Waals surface area (Å²) in [5, 5.41) is 1.14. The predicted molar refractivity (Wildman–Crippen MR) is 109 cm³/mol. The third-order valence-electron chi connectivity index (χ3n) is 4.93. The summed E-state index contributed by atoms with van der Waals surface area (Å²) in [5.74, 6) is 0.127. The van der Waals surface area contributed by atoms with E-state index in [1.807, 2.05) is 42.5 Å². The van der Waals surface area contributed by atoms with Crippen LogP contribution in [0.15, 0.2) is 91.0 Å². The molecule has 2 heteroatoms. The van der Waals surface area contributed by atoms with Crippen molar-refractivity contribution >= 4 is 16.7 Å². The van der Waals surface area contributed by atoms with Crippen LogP contribution in [-0.2, 0) is 13.0 Å². The van der Waals surface area contributed by atoms with E-state index in [2.05, 4.69) is 60.0 Å². The lowest BCUT2D eigenvalue weighted by molar-refractivity contribution is -0.664. The Morgan fingerprint density at radius 1 is 0.778 bits per heavy atom. The second-order valence-corrected chi connectivity index (χ2v) is 6.92. The zero-order valence-electron chi connectivity index (χ0n) is 15.4. The molecule has 2 nitrogen and oxygen atoms in total. The average Bonchev–Trinajstić information content (AvgIpc) is 2.72. The van der Waals surface area contributed by atoms with Gasteiger partial charge in [0.1, 0.15) is 0 Å². The van der Waals surface area contributed by atoms with Crippen molar-refractivity contribution in [2.75, 3.05) is 0 Å². The Kier molecular flexibility index (Phi) is 4.80. The number of aromatic nitrogens is 1. The number of para-hydroxylation sites is 1. The van der Waals surface area contributed by atoms with Crippen LogP contribution in [0.2, 0.25) is 0 Å². The Balaban J connectivity index is 1.75. The number of benzene rings is 3. The van der Waals surface area contributed by atoms with Gasteiger partial charge in [-0.25, -0.2) is 0 Å². The molecule has 27 heavy (non-hydrogen) atoms. The van der Waals surface area contributed by atoms with Crippen LogP contribution in [0.1, 0.15) is 27.2 Å². The van der Waals surface area contributed by atoms with Crippen LogP contribution < -0.4 is 4.57 Å². The Bertz CT molecular complexity index is 1080. The predicted octanol–water partition coefficient (Wildman–Crippen LogP) is 4.91. The first-order valence-electron chi connectivity index (χ1n) is 9.25. The molecule has 0 spiro atoms. The summed E-state index contributed by atoms with van der Waals surface area (Å²) < 4.78 is 2.16. The summed E-state index contributed by atoms with van der Waals surface area (Å²) in [6.07, 6.45) is 0.799. The van der Waals surface area contributed by atoms with Gasteiger partial charge in [-0.1, -0.05) is 72.3 Å². The first kappa shape index (κ1) is 17.2. The molecule has 0 aliphatic carbocycles. The molecule has 0 aliphatic rings. The van der Waals surface area contributed by atoms with Crippen molar-refractivity contribution in [1.29, 1.82) is 0 Å². The van der Waals surface area contributed by atoms with Gasteiger partial charge in [0.25, 0.3) is 0 Å². The third-order valence-corrected chi connectivity index (χ3v) is 4.93. The minimum atomic E-state index is 0.127. The molecular formula is C25H22NO+. The lowest BCUT2D eigenvalue weighted by atomic mass is 10.0. The minimum Gasteiger partial charge on any atom is -0.287 e. The second-order valence-electron chi connectivity index (χ2n) is 6.92. The van der Waals surface area contributed by atoms with Gasteiger partial charge < -0.3 is 0 Å². The van der Waals surface area contributed by atoms with Crippen molar-refractivity contribution in [2.24, 2.45) is 0 Å². The number of hydrogen-bond donors (Lipinski definition) is 0. The largest absolute Gasteiger partial charge is 0.287 e. The van der Waals surface area contributed by atoms with Gasteiger partial charge in [0.05, 0.1) is 6.42 Å². The molecule has 0 saturated heterocycles. The maximum atomic E-state index is 12.9. The lowest BCUT2D eigenvalue weighted by Crippen LogP contribution is -2.43. The van der Waals surface area contributed by atoms with Crippen LogP contribution in [0.5, 0.6) is 0 Å². The highest BCUT2D eigenvalue weighted by atomic mass is 16.1. The van der Waals surface area contributed by atoms with Crippen LogP contribution in [0.25, 0.3) is 10.9 Å². The Hall–Kier alpha value is -3.26. The van der Waals surface area contributed by atoms with Crippen molar-refractivity contribution in [2.45, 2.75) is 19.9 Å². The molecule has 4 aromatic rings. The van der Waals surface area contributed by atoms with Crippen molar-refractivity contribution in [3.63, 3.8) is 0 Å². The highest BCUT2D eigenvalue weighted by Gasteiger charge is 2.20. The maximum Gasteiger partial charge on any atom is 0.227 e. The van der Waals surface area contributed by atoms with Crippen molar-refractivity contribution in [3.8, 4) is 0 Å². The van der Waals surface area contributed by atoms with E-state index in [-0.39, 0.29) is 5.78 Å². The first-order valence-corrected chi connectivity index (χ1v) is 9.25. The summed E-state index contributed by atoms with van der Waals surface area (Å²) in [7, 11) is 0. The fourth-order valence-corrected chi connectivity index (χ4v) is 3.42. The average molecular weight is 352 g/mol. The van der Waals surface area contributed by atoms with Gasteiger partial charge in [-0.2, -0.15) is 4.57 Å². The van der Waals surface area contributed by atoms with Crippen LogP contribution >= 0.6 is 0 Å². The maximum absolute atomic E-state index is 12.9. The monoisotopic (exact) mass is 352 g/mol. The molecule has 0 bridgehead atoms. The van der Waals surface area contributed by atoms with Crippen molar-refractivity contribution < 1.29 is 9.36 Å². The van der Waals surface area contributed by atoms with Crippen LogP contribution in [0, 0.1) is 6.92 Å². The fourth-order valence-electron chi connectivity index (χ4n) is 3.42. The number of Topliss-reactive ketones (excluding diaryl/α,β-unsaturated/α-hetero) is 1. The number of hydrogen-bond acceptors (Lipinski definition) is 1. The number of rotatable bonds is 5. The van der Waals surface area contributed by atoms with E-state index >= 15 is 0 Å². The Morgan fingerprint density at radius 2 is 1.48 bits per heavy atom. The van der Waals surface area contributed by atoms with E-state index in [0.29, 0.717) is 6.54 Å². The molecule has 0 saturated carbocycles. The van der Waals surface area contributed by atoms with Gasteiger partial charge >= 0.3 is 0 Å². The number of carbonyl (C=O) groups is 1. The molecule has 3 aromatic carbocycles. The summed E-state index contributed by atoms with van der Waals surface area (Å²) in [4.78, 5) is 12.9.